The van der Waals surface area contributed by atoms with Gasteiger partial charge in [-0.05, 0) is 36.8 Å². The Bertz CT molecular complexity index is 681. The molecule has 2 rings (SSSR count). The average molecular weight is 294 g/mol. The Kier molecular flexibility index (Phi) is 3.88. The highest BCUT2D eigenvalue weighted by Crippen LogP contribution is 2.34. The maximum Gasteiger partial charge on any atom is 0.418 e. The smallest absolute Gasteiger partial charge is 0.398 e. The number of rotatable bonds is 2. The lowest BCUT2D eigenvalue weighted by atomic mass is 10.1. The van der Waals surface area contributed by atoms with Crippen LogP contribution in [0.5, 0.6) is 0 Å². The summed E-state index contributed by atoms with van der Waals surface area (Å²) >= 11 is 0. The van der Waals surface area contributed by atoms with Crippen LogP contribution in [0.3, 0.4) is 0 Å². The molecule has 0 aliphatic heterocycles. The third kappa shape index (κ3) is 3.34. The fraction of sp³-hybridized carbons (Fsp3) is 0.133. The molecule has 0 aromatic heterocycles. The van der Waals surface area contributed by atoms with Crippen LogP contribution in [0, 0.1) is 6.92 Å². The van der Waals surface area contributed by atoms with Crippen LogP contribution >= 0.6 is 0 Å². The van der Waals surface area contributed by atoms with E-state index in [1.54, 1.807) is 13.0 Å². The highest BCUT2D eigenvalue weighted by molar-refractivity contribution is 6.05. The molecular weight excluding hydrogens is 281 g/mol. The molecule has 0 saturated heterocycles. The highest BCUT2D eigenvalue weighted by Gasteiger charge is 2.33. The molecule has 110 valence electrons. The predicted octanol–water partition coefficient (Wildman–Crippen LogP) is 3.85. The zero-order valence-corrected chi connectivity index (χ0v) is 11.2. The Morgan fingerprint density at radius 2 is 1.81 bits per heavy atom. The standard InChI is InChI=1S/C15H13F3N2O/c1-9-6-7-10(8-12(9)19)14(21)20-13-5-3-2-4-11(13)15(16,17)18/h2-8H,19H2,1H3,(H,20,21). The summed E-state index contributed by atoms with van der Waals surface area (Å²) in [5.41, 5.74) is 5.92. The number of aryl methyl sites for hydroxylation is 1. The molecule has 0 saturated carbocycles. The minimum atomic E-state index is -4.53. The van der Waals surface area contributed by atoms with E-state index in [0.29, 0.717) is 5.69 Å². The topological polar surface area (TPSA) is 55.1 Å². The molecule has 3 N–H and O–H groups in total. The number of nitrogens with one attached hydrogen (secondary N) is 1. The van der Waals surface area contributed by atoms with Crippen molar-refractivity contribution in [2.24, 2.45) is 0 Å². The molecule has 1 amide bonds. The third-order valence-electron chi connectivity index (χ3n) is 3.02. The molecule has 0 aliphatic rings. The normalized spacial score (nSPS) is 11.2. The van der Waals surface area contributed by atoms with Gasteiger partial charge in [0, 0.05) is 11.3 Å². The maximum atomic E-state index is 12.8. The maximum absolute atomic E-state index is 12.8. The van der Waals surface area contributed by atoms with Crippen molar-refractivity contribution in [2.75, 3.05) is 11.1 Å². The number of hydrogen-bond acceptors (Lipinski definition) is 2. The molecule has 0 atom stereocenters. The quantitative estimate of drug-likeness (QED) is 0.827. The van der Waals surface area contributed by atoms with Crippen molar-refractivity contribution in [2.45, 2.75) is 13.1 Å². The van der Waals surface area contributed by atoms with E-state index in [4.69, 9.17) is 5.73 Å². The summed E-state index contributed by atoms with van der Waals surface area (Å²) in [4.78, 5) is 12.0. The lowest BCUT2D eigenvalue weighted by Gasteiger charge is -2.13. The SMILES string of the molecule is Cc1ccc(C(=O)Nc2ccccc2C(F)(F)F)cc1N. The van der Waals surface area contributed by atoms with Gasteiger partial charge in [-0.15, -0.1) is 0 Å². The Morgan fingerprint density at radius 1 is 1.14 bits per heavy atom. The number of halogens is 3. The van der Waals surface area contributed by atoms with Crippen molar-refractivity contribution >= 4 is 17.3 Å². The number of alkyl halides is 3. The molecule has 2 aromatic rings. The molecule has 0 bridgehead atoms. The van der Waals surface area contributed by atoms with Gasteiger partial charge >= 0.3 is 6.18 Å². The van der Waals surface area contributed by atoms with Gasteiger partial charge in [-0.2, -0.15) is 13.2 Å². The van der Waals surface area contributed by atoms with E-state index in [1.807, 2.05) is 0 Å². The fourth-order valence-corrected chi connectivity index (χ4v) is 1.82. The summed E-state index contributed by atoms with van der Waals surface area (Å²) < 4.78 is 38.5. The lowest BCUT2D eigenvalue weighted by molar-refractivity contribution is -0.136. The molecule has 3 nitrogen and oxygen atoms in total. The number of anilines is 2. The van der Waals surface area contributed by atoms with E-state index >= 15 is 0 Å². The summed E-state index contributed by atoms with van der Waals surface area (Å²) in [6.07, 6.45) is -4.53. The molecule has 0 aliphatic carbocycles. The zero-order chi connectivity index (χ0) is 15.6. The van der Waals surface area contributed by atoms with Gasteiger partial charge in [-0.1, -0.05) is 18.2 Å². The number of benzene rings is 2. The Hall–Kier alpha value is -2.50. The van der Waals surface area contributed by atoms with Crippen LogP contribution in [-0.2, 0) is 6.18 Å². The molecule has 6 heteroatoms. The van der Waals surface area contributed by atoms with Gasteiger partial charge in [-0.25, -0.2) is 0 Å². The number of carbonyl (C=O) groups excluding carboxylic acids is 1. The van der Waals surface area contributed by atoms with Crippen LogP contribution in [0.4, 0.5) is 24.5 Å². The summed E-state index contributed by atoms with van der Waals surface area (Å²) in [5.74, 6) is -0.640. The third-order valence-corrected chi connectivity index (χ3v) is 3.02. The second kappa shape index (κ2) is 5.47. The Morgan fingerprint density at radius 3 is 2.43 bits per heavy atom. The van der Waals surface area contributed by atoms with Crippen LogP contribution in [0.15, 0.2) is 42.5 Å². The number of nitrogen functional groups attached to an aromatic ring is 1. The van der Waals surface area contributed by atoms with Crippen LogP contribution in [-0.4, -0.2) is 5.91 Å². The van der Waals surface area contributed by atoms with E-state index < -0.39 is 17.6 Å². The van der Waals surface area contributed by atoms with E-state index in [1.165, 1.54) is 30.3 Å². The van der Waals surface area contributed by atoms with Crippen molar-refractivity contribution < 1.29 is 18.0 Å². The summed E-state index contributed by atoms with van der Waals surface area (Å²) in [6, 6.07) is 9.39. The first-order valence-corrected chi connectivity index (χ1v) is 6.13. The van der Waals surface area contributed by atoms with Gasteiger partial charge in [0.2, 0.25) is 0 Å². The first-order chi connectivity index (χ1) is 9.79. The van der Waals surface area contributed by atoms with E-state index in [2.05, 4.69) is 5.32 Å². The second-order valence-electron chi connectivity index (χ2n) is 4.57. The van der Waals surface area contributed by atoms with Gasteiger partial charge in [0.25, 0.3) is 5.91 Å². The number of carbonyl (C=O) groups is 1. The van der Waals surface area contributed by atoms with Crippen molar-refractivity contribution in [3.05, 3.63) is 59.2 Å². The van der Waals surface area contributed by atoms with Crippen molar-refractivity contribution in [3.63, 3.8) is 0 Å². The molecule has 2 aromatic carbocycles. The van der Waals surface area contributed by atoms with Crippen molar-refractivity contribution in [3.8, 4) is 0 Å². The first-order valence-electron chi connectivity index (χ1n) is 6.13. The first kappa shape index (κ1) is 14.9. The zero-order valence-electron chi connectivity index (χ0n) is 11.2. The Labute approximate surface area is 119 Å². The number of nitrogens with two attached hydrogens (primary N) is 1. The average Bonchev–Trinajstić information content (AvgIpc) is 2.41. The van der Waals surface area contributed by atoms with Gasteiger partial charge in [-0.3, -0.25) is 4.79 Å². The van der Waals surface area contributed by atoms with E-state index in [0.717, 1.165) is 11.6 Å². The second-order valence-corrected chi connectivity index (χ2v) is 4.57. The highest BCUT2D eigenvalue weighted by atomic mass is 19.4. The molecule has 0 radical (unpaired) electrons. The van der Waals surface area contributed by atoms with Crippen molar-refractivity contribution in [1.29, 1.82) is 0 Å². The number of para-hydroxylation sites is 1. The lowest BCUT2D eigenvalue weighted by Crippen LogP contribution is -2.16. The van der Waals surface area contributed by atoms with E-state index in [9.17, 15) is 18.0 Å². The number of hydrogen-bond donors (Lipinski definition) is 2. The van der Waals surface area contributed by atoms with Crippen LogP contribution < -0.4 is 11.1 Å². The van der Waals surface area contributed by atoms with Gasteiger partial charge in [0.05, 0.1) is 11.3 Å². The van der Waals surface area contributed by atoms with E-state index in [-0.39, 0.29) is 11.3 Å². The van der Waals surface area contributed by atoms with Crippen LogP contribution in [0.25, 0.3) is 0 Å². The minimum absolute atomic E-state index is 0.204. The van der Waals surface area contributed by atoms with Gasteiger partial charge in [0.15, 0.2) is 0 Å². The fourth-order valence-electron chi connectivity index (χ4n) is 1.82. The number of amides is 1. The minimum Gasteiger partial charge on any atom is -0.398 e. The molecule has 0 fully saturated rings. The summed E-state index contributed by atoms with van der Waals surface area (Å²) in [6.45, 7) is 1.77. The predicted molar refractivity (Wildman–Crippen MR) is 75.0 cm³/mol. The Balaban J connectivity index is 2.30. The monoisotopic (exact) mass is 294 g/mol. The van der Waals surface area contributed by atoms with Crippen molar-refractivity contribution in [1.82, 2.24) is 0 Å². The largest absolute Gasteiger partial charge is 0.418 e. The van der Waals surface area contributed by atoms with Gasteiger partial charge in [0.1, 0.15) is 0 Å². The van der Waals surface area contributed by atoms with Gasteiger partial charge < -0.3 is 11.1 Å². The summed E-state index contributed by atoms with van der Waals surface area (Å²) in [5, 5.41) is 2.27. The molecule has 0 unspecified atom stereocenters. The molecule has 0 spiro atoms. The molecule has 21 heavy (non-hydrogen) atoms. The van der Waals surface area contributed by atoms with Crippen LogP contribution in [0.1, 0.15) is 21.5 Å². The molecule has 0 heterocycles. The summed E-state index contributed by atoms with van der Waals surface area (Å²) in [7, 11) is 0. The van der Waals surface area contributed by atoms with Crippen LogP contribution in [0.2, 0.25) is 0 Å². The molecular formula is C15H13F3N2O.